The van der Waals surface area contributed by atoms with Gasteiger partial charge >= 0.3 is 12.4 Å². The van der Waals surface area contributed by atoms with Gasteiger partial charge in [0, 0.05) is 5.41 Å². The van der Waals surface area contributed by atoms with Crippen LogP contribution in [-0.4, -0.2) is 6.61 Å². The second kappa shape index (κ2) is 8.25. The smallest absolute Gasteiger partial charge is 0.373 e. The van der Waals surface area contributed by atoms with E-state index >= 15 is 0 Å². The highest BCUT2D eigenvalue weighted by molar-refractivity contribution is 5.35. The molecule has 0 bridgehead atoms. The van der Waals surface area contributed by atoms with Crippen molar-refractivity contribution >= 4 is 0 Å². The van der Waals surface area contributed by atoms with Gasteiger partial charge in [-0.2, -0.15) is 26.3 Å². The maximum atomic E-state index is 13.1. The van der Waals surface area contributed by atoms with Gasteiger partial charge in [-0.1, -0.05) is 43.7 Å². The lowest BCUT2D eigenvalue weighted by Gasteiger charge is -2.48. The summed E-state index contributed by atoms with van der Waals surface area (Å²) < 4.78 is 84.7. The molecule has 0 N–H and O–H groups in total. The summed E-state index contributed by atoms with van der Waals surface area (Å²) in [5.41, 5.74) is -1.95. The number of alkyl halides is 6. The number of benzene rings is 2. The predicted molar refractivity (Wildman–Crippen MR) is 102 cm³/mol. The molecule has 2 aromatic carbocycles. The van der Waals surface area contributed by atoms with Gasteiger partial charge in [0.25, 0.3) is 0 Å². The summed E-state index contributed by atoms with van der Waals surface area (Å²) in [5, 5.41) is 0. The Labute approximate surface area is 172 Å². The second-order valence-corrected chi connectivity index (χ2v) is 8.12. The van der Waals surface area contributed by atoms with E-state index in [0.717, 1.165) is 37.0 Å². The van der Waals surface area contributed by atoms with Crippen molar-refractivity contribution in [2.75, 3.05) is 6.61 Å². The van der Waals surface area contributed by atoms with E-state index in [2.05, 4.69) is 6.92 Å². The fourth-order valence-electron chi connectivity index (χ4n) is 4.16. The molecule has 164 valence electrons. The summed E-state index contributed by atoms with van der Waals surface area (Å²) in [4.78, 5) is 0. The molecule has 0 amide bonds. The van der Waals surface area contributed by atoms with Crippen molar-refractivity contribution in [1.82, 2.24) is 0 Å². The largest absolute Gasteiger partial charge is 0.416 e. The van der Waals surface area contributed by atoms with Crippen LogP contribution >= 0.6 is 0 Å². The molecule has 2 aromatic rings. The second-order valence-electron chi connectivity index (χ2n) is 8.12. The molecule has 30 heavy (non-hydrogen) atoms. The van der Waals surface area contributed by atoms with Crippen LogP contribution in [0.5, 0.6) is 0 Å². The van der Waals surface area contributed by atoms with E-state index in [1.807, 2.05) is 30.3 Å². The summed E-state index contributed by atoms with van der Waals surface area (Å²) in [6.45, 7) is 3.83. The van der Waals surface area contributed by atoms with Crippen LogP contribution < -0.4 is 0 Å². The molecule has 1 aliphatic carbocycles. The third-order valence-corrected chi connectivity index (χ3v) is 6.01. The van der Waals surface area contributed by atoms with Crippen LogP contribution in [0, 0.1) is 5.92 Å². The van der Waals surface area contributed by atoms with Crippen molar-refractivity contribution in [3.63, 3.8) is 0 Å². The minimum Gasteiger partial charge on any atom is -0.373 e. The van der Waals surface area contributed by atoms with Crippen molar-refractivity contribution in [2.45, 2.75) is 57.0 Å². The fourth-order valence-corrected chi connectivity index (χ4v) is 4.16. The lowest BCUT2D eigenvalue weighted by atomic mass is 9.58. The highest BCUT2D eigenvalue weighted by Crippen LogP contribution is 2.50. The first-order valence-electron chi connectivity index (χ1n) is 9.91. The van der Waals surface area contributed by atoms with Gasteiger partial charge in [-0.25, -0.2) is 0 Å². The van der Waals surface area contributed by atoms with Crippen LogP contribution in [-0.2, 0) is 22.5 Å². The zero-order chi connectivity index (χ0) is 22.2. The minimum absolute atomic E-state index is 0.133. The molecule has 0 radical (unpaired) electrons. The van der Waals surface area contributed by atoms with Gasteiger partial charge < -0.3 is 4.74 Å². The van der Waals surface area contributed by atoms with Gasteiger partial charge in [-0.15, -0.1) is 0 Å². The Hall–Kier alpha value is -2.02. The van der Waals surface area contributed by atoms with E-state index in [0.29, 0.717) is 5.92 Å². The molecule has 0 heterocycles. The Balaban J connectivity index is 1.84. The monoisotopic (exact) mass is 430 g/mol. The summed E-state index contributed by atoms with van der Waals surface area (Å²) in [5.74, 6) is 0.537. The van der Waals surface area contributed by atoms with Crippen molar-refractivity contribution in [3.05, 3.63) is 70.8 Å². The van der Waals surface area contributed by atoms with Crippen LogP contribution in [0.3, 0.4) is 0 Å². The third-order valence-electron chi connectivity index (χ3n) is 6.01. The van der Waals surface area contributed by atoms with E-state index in [1.54, 1.807) is 0 Å². The molecule has 7 heteroatoms. The summed E-state index contributed by atoms with van der Waals surface area (Å²) in [6.07, 6.45) is -7.86. The number of rotatable bonds is 6. The molecule has 0 saturated heterocycles. The fraction of sp³-hybridized carbons (Fsp3) is 0.478. The van der Waals surface area contributed by atoms with Crippen LogP contribution in [0.2, 0.25) is 0 Å². The Morgan fingerprint density at radius 3 is 1.93 bits per heavy atom. The summed E-state index contributed by atoms with van der Waals surface area (Å²) >= 11 is 0. The molecule has 1 aliphatic rings. The van der Waals surface area contributed by atoms with Crippen LogP contribution in [0.25, 0.3) is 0 Å². The average Bonchev–Trinajstić information content (AvgIpc) is 2.66. The van der Waals surface area contributed by atoms with E-state index in [9.17, 15) is 26.3 Å². The van der Waals surface area contributed by atoms with Gasteiger partial charge in [0.2, 0.25) is 0 Å². The standard InChI is InChI=1S/C23H24F6O/c1-3-16-12-21(13-16,18-7-5-4-6-8-18)14-30-15(2)17-9-19(22(24,25)26)11-20(10-17)23(27,28)29/h4-11,15-16H,3,12-14H2,1-2H3/t15-,16?,21?/m1/s1. The number of halogens is 6. The van der Waals surface area contributed by atoms with Gasteiger partial charge in [-0.3, -0.25) is 0 Å². The quantitative estimate of drug-likeness (QED) is 0.430. The average molecular weight is 430 g/mol. The number of ether oxygens (including phenoxy) is 1. The lowest BCUT2D eigenvalue weighted by Crippen LogP contribution is -2.45. The Morgan fingerprint density at radius 2 is 1.47 bits per heavy atom. The van der Waals surface area contributed by atoms with Crippen molar-refractivity contribution < 1.29 is 31.1 Å². The molecule has 1 nitrogen and oxygen atoms in total. The molecular weight excluding hydrogens is 406 g/mol. The van der Waals surface area contributed by atoms with Crippen molar-refractivity contribution in [1.29, 1.82) is 0 Å². The normalized spacial score (nSPS) is 23.1. The van der Waals surface area contributed by atoms with E-state index in [-0.39, 0.29) is 23.7 Å². The third kappa shape index (κ3) is 4.82. The van der Waals surface area contributed by atoms with E-state index in [4.69, 9.17) is 4.74 Å². The maximum absolute atomic E-state index is 13.1. The van der Waals surface area contributed by atoms with Gasteiger partial charge in [0.1, 0.15) is 0 Å². The first-order chi connectivity index (χ1) is 13.9. The van der Waals surface area contributed by atoms with E-state index < -0.39 is 29.6 Å². The van der Waals surface area contributed by atoms with Crippen LogP contribution in [0.1, 0.15) is 61.5 Å². The molecule has 1 fully saturated rings. The maximum Gasteiger partial charge on any atom is 0.416 e. The van der Waals surface area contributed by atoms with Crippen molar-refractivity contribution in [3.8, 4) is 0 Å². The summed E-state index contributed by atoms with van der Waals surface area (Å²) in [6, 6.07) is 11.3. The SMILES string of the molecule is CCC1CC(CO[C@H](C)c2cc(C(F)(F)F)cc(C(F)(F)F)c2)(c2ccccc2)C1. The lowest BCUT2D eigenvalue weighted by molar-refractivity contribution is -0.143. The highest BCUT2D eigenvalue weighted by atomic mass is 19.4. The molecule has 0 aliphatic heterocycles. The van der Waals surface area contributed by atoms with E-state index in [1.165, 1.54) is 6.92 Å². The molecule has 3 rings (SSSR count). The van der Waals surface area contributed by atoms with Crippen LogP contribution in [0.4, 0.5) is 26.3 Å². The first-order valence-corrected chi connectivity index (χ1v) is 9.91. The van der Waals surface area contributed by atoms with Crippen LogP contribution in [0.15, 0.2) is 48.5 Å². The molecule has 1 saturated carbocycles. The molecule has 0 unspecified atom stereocenters. The molecule has 0 spiro atoms. The molecule has 1 atom stereocenters. The molecular formula is C23H24F6O. The zero-order valence-corrected chi connectivity index (χ0v) is 16.8. The number of hydrogen-bond acceptors (Lipinski definition) is 1. The summed E-state index contributed by atoms with van der Waals surface area (Å²) in [7, 11) is 0. The zero-order valence-electron chi connectivity index (χ0n) is 16.8. The van der Waals surface area contributed by atoms with Crippen molar-refractivity contribution in [2.24, 2.45) is 5.92 Å². The molecule has 0 aromatic heterocycles. The van der Waals surface area contributed by atoms with Gasteiger partial charge in [-0.05, 0) is 55.0 Å². The predicted octanol–water partition coefficient (Wildman–Crippen LogP) is 7.56. The minimum atomic E-state index is -4.87. The highest BCUT2D eigenvalue weighted by Gasteiger charge is 2.45. The Bertz CT molecular complexity index is 818. The number of hydrogen-bond donors (Lipinski definition) is 0. The first kappa shape index (κ1) is 22.7. The van der Waals surface area contributed by atoms with Gasteiger partial charge in [0.05, 0.1) is 23.8 Å². The van der Waals surface area contributed by atoms with Gasteiger partial charge in [0.15, 0.2) is 0 Å². The topological polar surface area (TPSA) is 9.23 Å². The Kier molecular flexibility index (Phi) is 6.23. The Morgan fingerprint density at radius 1 is 0.933 bits per heavy atom.